The molecule has 0 unspecified atom stereocenters. The number of likely N-dealkylation sites (tertiary alicyclic amines) is 1. The molecule has 1 aromatic heterocycles. The molecule has 1 atom stereocenters. The second-order valence-electron chi connectivity index (χ2n) is 7.31. The predicted octanol–water partition coefficient (Wildman–Crippen LogP) is 2.32. The molecule has 2 fully saturated rings. The molecule has 1 aliphatic carbocycles. The van der Waals surface area contributed by atoms with Crippen LogP contribution in [0.5, 0.6) is 0 Å². The van der Waals surface area contributed by atoms with Crippen molar-refractivity contribution in [3.63, 3.8) is 0 Å². The normalized spacial score (nSPS) is 25.2. The molecule has 1 saturated carbocycles. The van der Waals surface area contributed by atoms with Gasteiger partial charge in [0.1, 0.15) is 5.15 Å². The van der Waals surface area contributed by atoms with Crippen molar-refractivity contribution in [2.45, 2.75) is 44.2 Å². The summed E-state index contributed by atoms with van der Waals surface area (Å²) in [6.45, 7) is 2.46. The molecule has 1 aliphatic heterocycles. The van der Waals surface area contributed by atoms with E-state index < -0.39 is 5.60 Å². The van der Waals surface area contributed by atoms with E-state index in [1.54, 1.807) is 6.20 Å². The first-order valence-electron chi connectivity index (χ1n) is 8.77. The number of aromatic nitrogens is 1. The van der Waals surface area contributed by atoms with Crippen molar-refractivity contribution < 1.29 is 9.90 Å². The van der Waals surface area contributed by atoms with E-state index in [4.69, 9.17) is 11.6 Å². The maximum Gasteiger partial charge on any atom is 0.255 e. The van der Waals surface area contributed by atoms with E-state index in [-0.39, 0.29) is 5.91 Å². The van der Waals surface area contributed by atoms with Crippen molar-refractivity contribution in [2.75, 3.05) is 26.7 Å². The van der Waals surface area contributed by atoms with E-state index in [0.29, 0.717) is 30.6 Å². The van der Waals surface area contributed by atoms with E-state index >= 15 is 0 Å². The molecule has 1 saturated heterocycles. The average Bonchev–Trinajstić information content (AvgIpc) is 2.49. The number of halogens is 1. The van der Waals surface area contributed by atoms with Gasteiger partial charge in [0.2, 0.25) is 0 Å². The summed E-state index contributed by atoms with van der Waals surface area (Å²) in [6.07, 6.45) is 6.73. The van der Waals surface area contributed by atoms with Gasteiger partial charge in [0.05, 0.1) is 0 Å². The Balaban J connectivity index is 1.61. The molecule has 0 spiro atoms. The number of hydrogen-bond donors (Lipinski definition) is 1. The lowest BCUT2D eigenvalue weighted by Crippen LogP contribution is -2.59. The molecular weight excluding hydrogens is 326 g/mol. The Morgan fingerprint density at radius 3 is 2.92 bits per heavy atom. The van der Waals surface area contributed by atoms with Crippen molar-refractivity contribution in [3.8, 4) is 0 Å². The monoisotopic (exact) mass is 351 g/mol. The fraction of sp³-hybridized carbons (Fsp3) is 0.667. The van der Waals surface area contributed by atoms with Gasteiger partial charge in [-0.15, -0.1) is 0 Å². The number of piperidine rings is 1. The van der Waals surface area contributed by atoms with E-state index in [1.165, 1.54) is 19.3 Å². The van der Waals surface area contributed by atoms with Gasteiger partial charge < -0.3 is 10.0 Å². The van der Waals surface area contributed by atoms with Crippen molar-refractivity contribution in [1.82, 2.24) is 14.8 Å². The molecule has 5 nitrogen and oxygen atoms in total. The molecule has 1 aromatic rings. The lowest BCUT2D eigenvalue weighted by Gasteiger charge is -2.42. The number of hydrogen-bond acceptors (Lipinski definition) is 4. The van der Waals surface area contributed by atoms with Gasteiger partial charge in [0, 0.05) is 37.9 Å². The number of carbonyl (C=O) groups is 1. The van der Waals surface area contributed by atoms with Crippen LogP contribution < -0.4 is 0 Å². The Morgan fingerprint density at radius 2 is 2.25 bits per heavy atom. The highest BCUT2D eigenvalue weighted by molar-refractivity contribution is 6.30. The number of rotatable bonds is 6. The minimum absolute atomic E-state index is 0.107. The fourth-order valence-corrected chi connectivity index (χ4v) is 3.88. The first-order valence-corrected chi connectivity index (χ1v) is 9.15. The number of likely N-dealkylation sites (N-methyl/N-ethyl adjacent to an activating group) is 1. The molecule has 6 heteroatoms. The number of pyridine rings is 1. The largest absolute Gasteiger partial charge is 0.379 e. The summed E-state index contributed by atoms with van der Waals surface area (Å²) in [6, 6.07) is 3.76. The third-order valence-electron chi connectivity index (χ3n) is 5.22. The maximum atomic E-state index is 12.8. The lowest BCUT2D eigenvalue weighted by atomic mass is 9.83. The summed E-state index contributed by atoms with van der Waals surface area (Å²) in [5, 5.41) is 11.4. The van der Waals surface area contributed by atoms with Crippen LogP contribution in [0.3, 0.4) is 0 Å². The highest BCUT2D eigenvalue weighted by Gasteiger charge is 2.43. The lowest BCUT2D eigenvalue weighted by molar-refractivity contribution is -0.160. The maximum absolute atomic E-state index is 12.8. The molecule has 0 aromatic carbocycles. The summed E-state index contributed by atoms with van der Waals surface area (Å²) < 4.78 is 0. The van der Waals surface area contributed by atoms with E-state index in [0.717, 1.165) is 25.1 Å². The van der Waals surface area contributed by atoms with Crippen LogP contribution in [0.4, 0.5) is 0 Å². The van der Waals surface area contributed by atoms with Gasteiger partial charge in [-0.3, -0.25) is 9.69 Å². The number of aliphatic hydroxyl groups is 1. The summed E-state index contributed by atoms with van der Waals surface area (Å²) >= 11 is 6.10. The van der Waals surface area contributed by atoms with Crippen LogP contribution in [0.1, 0.15) is 37.7 Å². The minimum atomic E-state index is -1.29. The summed E-state index contributed by atoms with van der Waals surface area (Å²) in [7, 11) is 1.90. The second-order valence-corrected chi connectivity index (χ2v) is 7.67. The van der Waals surface area contributed by atoms with E-state index in [2.05, 4.69) is 4.98 Å². The SMILES string of the molecule is CN(Cc1cccnc1Cl)C[C@]1(O)CCCN(CC2CCC2)C1=O. The average molecular weight is 352 g/mol. The first-order chi connectivity index (χ1) is 11.5. The Morgan fingerprint density at radius 1 is 1.46 bits per heavy atom. The van der Waals surface area contributed by atoms with Crippen molar-refractivity contribution in [2.24, 2.45) is 5.92 Å². The molecule has 1 amide bonds. The molecule has 0 radical (unpaired) electrons. The highest BCUT2D eigenvalue weighted by Crippen LogP contribution is 2.31. The van der Waals surface area contributed by atoms with Gasteiger partial charge in [0.25, 0.3) is 5.91 Å². The number of carbonyl (C=O) groups excluding carboxylic acids is 1. The number of nitrogens with zero attached hydrogens (tertiary/aromatic N) is 3. The smallest absolute Gasteiger partial charge is 0.255 e. The summed E-state index contributed by atoms with van der Waals surface area (Å²) in [5.41, 5.74) is -0.384. The predicted molar refractivity (Wildman–Crippen MR) is 93.7 cm³/mol. The molecular formula is C18H26ClN3O2. The zero-order valence-corrected chi connectivity index (χ0v) is 15.0. The Kier molecular flexibility index (Phi) is 5.42. The third-order valence-corrected chi connectivity index (χ3v) is 5.56. The third kappa shape index (κ3) is 3.90. The Hall–Kier alpha value is -1.17. The Bertz CT molecular complexity index is 593. The van der Waals surface area contributed by atoms with Crippen LogP contribution in [0.25, 0.3) is 0 Å². The van der Waals surface area contributed by atoms with Crippen LogP contribution in [-0.4, -0.2) is 58.1 Å². The fourth-order valence-electron chi connectivity index (χ4n) is 3.70. The van der Waals surface area contributed by atoms with Gasteiger partial charge in [-0.1, -0.05) is 24.1 Å². The molecule has 3 rings (SSSR count). The van der Waals surface area contributed by atoms with Crippen LogP contribution >= 0.6 is 11.6 Å². The molecule has 0 bridgehead atoms. The quantitative estimate of drug-likeness (QED) is 0.799. The molecule has 24 heavy (non-hydrogen) atoms. The van der Waals surface area contributed by atoms with Crippen LogP contribution in [-0.2, 0) is 11.3 Å². The Labute approximate surface area is 148 Å². The molecule has 1 N–H and O–H groups in total. The molecule has 2 aliphatic rings. The van der Waals surface area contributed by atoms with Crippen LogP contribution in [0.15, 0.2) is 18.3 Å². The van der Waals surface area contributed by atoms with Gasteiger partial charge in [0.15, 0.2) is 5.60 Å². The topological polar surface area (TPSA) is 56.7 Å². The summed E-state index contributed by atoms with van der Waals surface area (Å²) in [4.78, 5) is 20.7. The molecule has 2 heterocycles. The zero-order chi connectivity index (χ0) is 17.2. The van der Waals surface area contributed by atoms with Crippen LogP contribution in [0, 0.1) is 5.92 Å². The van der Waals surface area contributed by atoms with E-state index in [9.17, 15) is 9.90 Å². The van der Waals surface area contributed by atoms with E-state index in [1.807, 2.05) is 29.0 Å². The standard InChI is InChI=1S/C18H26ClN3O2/c1-21(12-15-7-3-9-20-16(15)19)13-18(24)8-4-10-22(17(18)23)11-14-5-2-6-14/h3,7,9,14,24H,2,4-6,8,10-13H2,1H3/t18-/m1/s1. The molecule has 132 valence electrons. The van der Waals surface area contributed by atoms with Gasteiger partial charge in [-0.2, -0.15) is 0 Å². The second kappa shape index (κ2) is 7.38. The zero-order valence-electron chi connectivity index (χ0n) is 14.2. The summed E-state index contributed by atoms with van der Waals surface area (Å²) in [5.74, 6) is 0.521. The minimum Gasteiger partial charge on any atom is -0.379 e. The highest BCUT2D eigenvalue weighted by atomic mass is 35.5. The van der Waals surface area contributed by atoms with Crippen molar-refractivity contribution in [1.29, 1.82) is 0 Å². The van der Waals surface area contributed by atoms with Gasteiger partial charge in [-0.25, -0.2) is 4.98 Å². The van der Waals surface area contributed by atoms with Gasteiger partial charge >= 0.3 is 0 Å². The van der Waals surface area contributed by atoms with Crippen LogP contribution in [0.2, 0.25) is 5.15 Å². The van der Waals surface area contributed by atoms with Crippen molar-refractivity contribution in [3.05, 3.63) is 29.0 Å². The first kappa shape index (κ1) is 17.6. The van der Waals surface area contributed by atoms with Crippen molar-refractivity contribution >= 4 is 17.5 Å². The van der Waals surface area contributed by atoms with Gasteiger partial charge in [-0.05, 0) is 44.7 Å². The number of amides is 1.